The van der Waals surface area contributed by atoms with Gasteiger partial charge >= 0.3 is 5.97 Å². The van der Waals surface area contributed by atoms with Crippen molar-refractivity contribution in [2.45, 2.75) is 17.3 Å². The number of esters is 1. The molecule has 1 aromatic carbocycles. The normalized spacial score (nSPS) is 10.5. The maximum Gasteiger partial charge on any atom is 0.341 e. The van der Waals surface area contributed by atoms with E-state index in [-0.39, 0.29) is 22.4 Å². The lowest BCUT2D eigenvalue weighted by molar-refractivity contribution is -0.124. The van der Waals surface area contributed by atoms with Crippen LogP contribution in [0.25, 0.3) is 0 Å². The van der Waals surface area contributed by atoms with Crippen molar-refractivity contribution in [1.29, 1.82) is 0 Å². The summed E-state index contributed by atoms with van der Waals surface area (Å²) in [5, 5.41) is 2.46. The summed E-state index contributed by atoms with van der Waals surface area (Å²) in [4.78, 5) is 27.3. The molecule has 0 atom stereocenters. The second kappa shape index (κ2) is 8.97. The van der Waals surface area contributed by atoms with E-state index in [0.29, 0.717) is 6.54 Å². The standard InChI is InChI=1S/C16H14F2N2O3S/c17-16(18)24-14-12(7-4-8-19-14)15(22)23-10-13(21)20-9-11-5-2-1-3-6-11/h1-8,16H,9-10H2,(H,20,21). The molecule has 0 saturated heterocycles. The fourth-order valence-corrected chi connectivity index (χ4v) is 2.35. The molecule has 2 rings (SSSR count). The minimum absolute atomic E-state index is 0.0985. The van der Waals surface area contributed by atoms with E-state index in [1.165, 1.54) is 18.3 Å². The minimum atomic E-state index is -2.71. The van der Waals surface area contributed by atoms with Crippen LogP contribution in [0, 0.1) is 0 Å². The van der Waals surface area contributed by atoms with E-state index in [0.717, 1.165) is 5.56 Å². The van der Waals surface area contributed by atoms with Crippen LogP contribution in [0.3, 0.4) is 0 Å². The van der Waals surface area contributed by atoms with Crippen molar-refractivity contribution in [2.75, 3.05) is 6.61 Å². The third kappa shape index (κ3) is 5.62. The van der Waals surface area contributed by atoms with Gasteiger partial charge in [-0.2, -0.15) is 8.78 Å². The Labute approximate surface area is 141 Å². The summed E-state index contributed by atoms with van der Waals surface area (Å²) in [5.74, 6) is -4.07. The molecule has 1 heterocycles. The fraction of sp³-hybridized carbons (Fsp3) is 0.188. The SMILES string of the molecule is O=C(COC(=O)c1cccnc1SC(F)F)NCc1ccccc1. The monoisotopic (exact) mass is 352 g/mol. The van der Waals surface area contributed by atoms with Gasteiger partial charge in [0.2, 0.25) is 0 Å². The van der Waals surface area contributed by atoms with Gasteiger partial charge < -0.3 is 10.1 Å². The number of ether oxygens (including phenoxy) is 1. The number of aromatic nitrogens is 1. The Morgan fingerprint density at radius 1 is 1.17 bits per heavy atom. The first kappa shape index (κ1) is 17.9. The molecule has 8 heteroatoms. The van der Waals surface area contributed by atoms with Crippen LogP contribution >= 0.6 is 11.8 Å². The number of nitrogens with one attached hydrogen (secondary N) is 1. The van der Waals surface area contributed by atoms with E-state index in [4.69, 9.17) is 4.74 Å². The number of thioether (sulfide) groups is 1. The lowest BCUT2D eigenvalue weighted by atomic mass is 10.2. The molecule has 0 aliphatic rings. The van der Waals surface area contributed by atoms with Crippen molar-refractivity contribution in [3.63, 3.8) is 0 Å². The van der Waals surface area contributed by atoms with E-state index in [2.05, 4.69) is 10.3 Å². The van der Waals surface area contributed by atoms with Gasteiger partial charge in [-0.05, 0) is 29.5 Å². The lowest BCUT2D eigenvalue weighted by Gasteiger charge is -2.09. The number of alkyl halides is 2. The zero-order valence-electron chi connectivity index (χ0n) is 12.4. The zero-order valence-corrected chi connectivity index (χ0v) is 13.3. The lowest BCUT2D eigenvalue weighted by Crippen LogP contribution is -2.28. The molecule has 126 valence electrons. The number of rotatable bonds is 7. The first-order chi connectivity index (χ1) is 11.6. The Bertz CT molecular complexity index is 699. The first-order valence-electron chi connectivity index (χ1n) is 6.94. The Morgan fingerprint density at radius 3 is 2.62 bits per heavy atom. The fourth-order valence-electron chi connectivity index (χ4n) is 1.78. The molecule has 0 aliphatic carbocycles. The summed E-state index contributed by atoms with van der Waals surface area (Å²) in [6.45, 7) is -0.198. The maximum absolute atomic E-state index is 12.4. The third-order valence-electron chi connectivity index (χ3n) is 2.86. The van der Waals surface area contributed by atoms with E-state index in [9.17, 15) is 18.4 Å². The summed E-state index contributed by atoms with van der Waals surface area (Å²) < 4.78 is 29.7. The highest BCUT2D eigenvalue weighted by molar-refractivity contribution is 7.99. The molecule has 2 aromatic rings. The Kier molecular flexibility index (Phi) is 6.68. The molecule has 24 heavy (non-hydrogen) atoms. The maximum atomic E-state index is 12.4. The van der Waals surface area contributed by atoms with Crippen molar-refractivity contribution in [1.82, 2.24) is 10.3 Å². The number of hydrogen-bond donors (Lipinski definition) is 1. The van der Waals surface area contributed by atoms with Gasteiger partial charge in [-0.25, -0.2) is 9.78 Å². The molecule has 5 nitrogen and oxygen atoms in total. The second-order valence-corrected chi connectivity index (χ2v) is 5.55. The van der Waals surface area contributed by atoms with Gasteiger partial charge in [-0.1, -0.05) is 30.3 Å². The topological polar surface area (TPSA) is 68.3 Å². The number of carbonyl (C=O) groups is 2. The second-order valence-electron chi connectivity index (χ2n) is 4.57. The van der Waals surface area contributed by atoms with Gasteiger partial charge in [0.1, 0.15) is 5.03 Å². The van der Waals surface area contributed by atoms with Gasteiger partial charge in [-0.15, -0.1) is 0 Å². The smallest absolute Gasteiger partial charge is 0.341 e. The highest BCUT2D eigenvalue weighted by atomic mass is 32.2. The van der Waals surface area contributed by atoms with Crippen LogP contribution in [-0.4, -0.2) is 29.2 Å². The number of carbonyl (C=O) groups excluding carboxylic acids is 2. The number of nitrogens with zero attached hydrogens (tertiary/aromatic N) is 1. The predicted octanol–water partition coefficient (Wildman–Crippen LogP) is 2.87. The number of halogens is 2. The van der Waals surface area contributed by atoms with E-state index < -0.39 is 24.2 Å². The van der Waals surface area contributed by atoms with Gasteiger partial charge in [0.05, 0.1) is 5.56 Å². The molecule has 0 saturated carbocycles. The molecule has 0 fully saturated rings. The van der Waals surface area contributed by atoms with Crippen molar-refractivity contribution < 1.29 is 23.1 Å². The quantitative estimate of drug-likeness (QED) is 0.613. The van der Waals surface area contributed by atoms with Gasteiger partial charge in [0.15, 0.2) is 6.61 Å². The number of hydrogen-bond acceptors (Lipinski definition) is 5. The molecule has 1 N–H and O–H groups in total. The summed E-state index contributed by atoms with van der Waals surface area (Å²) in [7, 11) is 0. The Balaban J connectivity index is 1.85. The van der Waals surface area contributed by atoms with E-state index in [1.807, 2.05) is 30.3 Å². The van der Waals surface area contributed by atoms with Crippen LogP contribution in [-0.2, 0) is 16.1 Å². The largest absolute Gasteiger partial charge is 0.452 e. The molecule has 0 aliphatic heterocycles. The average Bonchev–Trinajstić information content (AvgIpc) is 2.58. The summed E-state index contributed by atoms with van der Waals surface area (Å²) in [6, 6.07) is 12.0. The molecule has 1 aromatic heterocycles. The number of amides is 1. The molecule has 0 radical (unpaired) electrons. The molecule has 0 unspecified atom stereocenters. The van der Waals surface area contributed by atoms with E-state index >= 15 is 0 Å². The van der Waals surface area contributed by atoms with Crippen LogP contribution < -0.4 is 5.32 Å². The number of benzene rings is 1. The van der Waals surface area contributed by atoms with Crippen LogP contribution in [0.15, 0.2) is 53.7 Å². The highest BCUT2D eigenvalue weighted by Gasteiger charge is 2.18. The Morgan fingerprint density at radius 2 is 1.92 bits per heavy atom. The summed E-state index contributed by atoms with van der Waals surface area (Å²) in [6.07, 6.45) is 1.30. The van der Waals surface area contributed by atoms with Crippen LogP contribution in [0.5, 0.6) is 0 Å². The van der Waals surface area contributed by atoms with Crippen molar-refractivity contribution in [3.8, 4) is 0 Å². The van der Waals surface area contributed by atoms with Crippen LogP contribution in [0.1, 0.15) is 15.9 Å². The summed E-state index contributed by atoms with van der Waals surface area (Å²) in [5.41, 5.74) is 0.804. The van der Waals surface area contributed by atoms with Gasteiger partial charge in [-0.3, -0.25) is 4.79 Å². The highest BCUT2D eigenvalue weighted by Crippen LogP contribution is 2.26. The van der Waals surface area contributed by atoms with Crippen LogP contribution in [0.4, 0.5) is 8.78 Å². The van der Waals surface area contributed by atoms with Crippen LogP contribution in [0.2, 0.25) is 0 Å². The first-order valence-corrected chi connectivity index (χ1v) is 7.82. The Hall–Kier alpha value is -2.48. The third-order valence-corrected chi connectivity index (χ3v) is 3.59. The summed E-state index contributed by atoms with van der Waals surface area (Å²) >= 11 is 0.149. The zero-order chi connectivity index (χ0) is 17.4. The minimum Gasteiger partial charge on any atom is -0.452 e. The molecular weight excluding hydrogens is 338 g/mol. The van der Waals surface area contributed by atoms with E-state index in [1.54, 1.807) is 0 Å². The molecule has 0 spiro atoms. The predicted molar refractivity (Wildman–Crippen MR) is 84.7 cm³/mol. The van der Waals surface area contributed by atoms with Gasteiger partial charge in [0.25, 0.3) is 11.7 Å². The average molecular weight is 352 g/mol. The van der Waals surface area contributed by atoms with Crippen molar-refractivity contribution >= 4 is 23.6 Å². The molecule has 0 bridgehead atoms. The van der Waals surface area contributed by atoms with Crippen molar-refractivity contribution in [2.24, 2.45) is 0 Å². The van der Waals surface area contributed by atoms with Crippen molar-refractivity contribution in [3.05, 3.63) is 59.8 Å². The number of pyridine rings is 1. The molecule has 1 amide bonds. The molecular formula is C16H14F2N2O3S. The van der Waals surface area contributed by atoms with Gasteiger partial charge in [0, 0.05) is 12.7 Å².